The molecule has 0 aliphatic heterocycles. The Labute approximate surface area is 156 Å². The third kappa shape index (κ3) is 3.78. The number of amides is 1. The van der Waals surface area contributed by atoms with Gasteiger partial charge >= 0.3 is 0 Å². The van der Waals surface area contributed by atoms with Crippen LogP contribution in [0.4, 0.5) is 0 Å². The van der Waals surface area contributed by atoms with Crippen LogP contribution in [0, 0.1) is 5.92 Å². The molecule has 6 heteroatoms. The number of fused-ring (bicyclic) bond motifs is 1. The van der Waals surface area contributed by atoms with Crippen molar-refractivity contribution in [1.29, 1.82) is 0 Å². The number of aromatic nitrogens is 2. The SMILES string of the molecule is CC(C)Cn1nc(C(=O)NCc2ccccc2Cl)c2ccccc2c1=O. The van der Waals surface area contributed by atoms with Crippen LogP contribution in [-0.2, 0) is 13.1 Å². The van der Waals surface area contributed by atoms with E-state index >= 15 is 0 Å². The van der Waals surface area contributed by atoms with E-state index in [0.29, 0.717) is 22.3 Å². The lowest BCUT2D eigenvalue weighted by atomic mass is 10.1. The second-order valence-electron chi connectivity index (χ2n) is 6.55. The monoisotopic (exact) mass is 369 g/mol. The maximum Gasteiger partial charge on any atom is 0.274 e. The molecule has 1 N–H and O–H groups in total. The van der Waals surface area contributed by atoms with Gasteiger partial charge in [-0.15, -0.1) is 0 Å². The van der Waals surface area contributed by atoms with Crippen LogP contribution in [0.5, 0.6) is 0 Å². The van der Waals surface area contributed by atoms with E-state index in [9.17, 15) is 9.59 Å². The van der Waals surface area contributed by atoms with E-state index in [2.05, 4.69) is 10.4 Å². The van der Waals surface area contributed by atoms with Crippen molar-refractivity contribution in [3.05, 3.63) is 75.2 Å². The van der Waals surface area contributed by atoms with Gasteiger partial charge in [0.15, 0.2) is 5.69 Å². The molecule has 0 unspecified atom stereocenters. The number of benzene rings is 2. The molecule has 0 fully saturated rings. The van der Waals surface area contributed by atoms with Gasteiger partial charge in [-0.25, -0.2) is 4.68 Å². The van der Waals surface area contributed by atoms with E-state index < -0.39 is 0 Å². The highest BCUT2D eigenvalue weighted by Crippen LogP contribution is 2.16. The fourth-order valence-electron chi connectivity index (χ4n) is 2.77. The summed E-state index contributed by atoms with van der Waals surface area (Å²) in [6.45, 7) is 4.74. The third-order valence-corrected chi connectivity index (χ3v) is 4.39. The van der Waals surface area contributed by atoms with Crippen LogP contribution >= 0.6 is 11.6 Å². The van der Waals surface area contributed by atoms with Crippen LogP contribution in [0.3, 0.4) is 0 Å². The first-order chi connectivity index (χ1) is 12.5. The molecule has 0 aliphatic rings. The molecule has 0 bridgehead atoms. The minimum atomic E-state index is -0.335. The third-order valence-electron chi connectivity index (χ3n) is 4.02. The highest BCUT2D eigenvalue weighted by Gasteiger charge is 2.17. The zero-order chi connectivity index (χ0) is 18.7. The average molecular weight is 370 g/mol. The molecular weight excluding hydrogens is 350 g/mol. The lowest BCUT2D eigenvalue weighted by Gasteiger charge is -2.13. The maximum atomic E-state index is 12.8. The molecule has 0 aliphatic carbocycles. The number of rotatable bonds is 5. The smallest absolute Gasteiger partial charge is 0.274 e. The van der Waals surface area contributed by atoms with E-state index in [1.807, 2.05) is 32.0 Å². The van der Waals surface area contributed by atoms with Gasteiger partial charge in [-0.1, -0.05) is 61.8 Å². The largest absolute Gasteiger partial charge is 0.346 e. The Morgan fingerprint density at radius 1 is 1.12 bits per heavy atom. The number of nitrogens with one attached hydrogen (secondary N) is 1. The molecule has 0 radical (unpaired) electrons. The topological polar surface area (TPSA) is 64.0 Å². The number of hydrogen-bond acceptors (Lipinski definition) is 3. The lowest BCUT2D eigenvalue weighted by molar-refractivity contribution is 0.0945. The van der Waals surface area contributed by atoms with Gasteiger partial charge in [0, 0.05) is 23.5 Å². The van der Waals surface area contributed by atoms with E-state index in [1.54, 1.807) is 30.3 Å². The molecule has 1 amide bonds. The van der Waals surface area contributed by atoms with Crippen LogP contribution in [0.2, 0.25) is 5.02 Å². The first-order valence-corrected chi connectivity index (χ1v) is 8.86. The van der Waals surface area contributed by atoms with Crippen molar-refractivity contribution in [2.24, 2.45) is 5.92 Å². The molecule has 134 valence electrons. The van der Waals surface area contributed by atoms with Crippen molar-refractivity contribution >= 4 is 28.3 Å². The fourth-order valence-corrected chi connectivity index (χ4v) is 2.98. The summed E-state index contributed by atoms with van der Waals surface area (Å²) in [7, 11) is 0. The second kappa shape index (κ2) is 7.70. The predicted octanol–water partition coefficient (Wildman–Crippen LogP) is 3.64. The molecule has 3 rings (SSSR count). The number of carbonyl (C=O) groups excluding carboxylic acids is 1. The van der Waals surface area contributed by atoms with Crippen molar-refractivity contribution in [2.75, 3.05) is 0 Å². The van der Waals surface area contributed by atoms with Crippen LogP contribution in [0.15, 0.2) is 53.3 Å². The molecule has 0 spiro atoms. The highest BCUT2D eigenvalue weighted by atomic mass is 35.5. The molecule has 0 saturated heterocycles. The Morgan fingerprint density at radius 3 is 2.46 bits per heavy atom. The van der Waals surface area contributed by atoms with Crippen molar-refractivity contribution in [3.63, 3.8) is 0 Å². The molecule has 1 aromatic heterocycles. The minimum Gasteiger partial charge on any atom is -0.346 e. The van der Waals surface area contributed by atoms with Gasteiger partial charge in [0.05, 0.1) is 5.39 Å². The number of halogens is 1. The van der Waals surface area contributed by atoms with Gasteiger partial charge in [0.2, 0.25) is 0 Å². The average Bonchev–Trinajstić information content (AvgIpc) is 2.63. The summed E-state index contributed by atoms with van der Waals surface area (Å²) >= 11 is 6.14. The van der Waals surface area contributed by atoms with Gasteiger partial charge in [0.1, 0.15) is 0 Å². The second-order valence-corrected chi connectivity index (χ2v) is 6.96. The molecule has 2 aromatic carbocycles. The lowest BCUT2D eigenvalue weighted by Crippen LogP contribution is -2.31. The summed E-state index contributed by atoms with van der Waals surface area (Å²) in [5.41, 5.74) is 0.882. The van der Waals surface area contributed by atoms with Gasteiger partial charge < -0.3 is 5.32 Å². The van der Waals surface area contributed by atoms with Crippen LogP contribution in [0.25, 0.3) is 10.8 Å². The molecule has 0 atom stereocenters. The fraction of sp³-hybridized carbons (Fsp3) is 0.250. The van der Waals surface area contributed by atoms with Crippen LogP contribution in [0.1, 0.15) is 29.9 Å². The first kappa shape index (κ1) is 18.1. The molecular formula is C20H20ClN3O2. The minimum absolute atomic E-state index is 0.183. The Hall–Kier alpha value is -2.66. The quantitative estimate of drug-likeness (QED) is 0.746. The predicted molar refractivity (Wildman–Crippen MR) is 103 cm³/mol. The van der Waals surface area contributed by atoms with Gasteiger partial charge in [0.25, 0.3) is 11.5 Å². The van der Waals surface area contributed by atoms with E-state index in [-0.39, 0.29) is 29.6 Å². The van der Waals surface area contributed by atoms with Gasteiger partial charge in [-0.3, -0.25) is 9.59 Å². The van der Waals surface area contributed by atoms with Crippen molar-refractivity contribution in [3.8, 4) is 0 Å². The number of hydrogen-bond donors (Lipinski definition) is 1. The Morgan fingerprint density at radius 2 is 1.77 bits per heavy atom. The molecule has 3 aromatic rings. The van der Waals surface area contributed by atoms with Gasteiger partial charge in [-0.2, -0.15) is 5.10 Å². The van der Waals surface area contributed by atoms with Crippen LogP contribution in [-0.4, -0.2) is 15.7 Å². The highest BCUT2D eigenvalue weighted by molar-refractivity contribution is 6.31. The van der Waals surface area contributed by atoms with Crippen molar-refractivity contribution in [2.45, 2.75) is 26.9 Å². The first-order valence-electron chi connectivity index (χ1n) is 8.49. The summed E-state index contributed by atoms with van der Waals surface area (Å²) in [5.74, 6) is -0.0981. The van der Waals surface area contributed by atoms with Crippen LogP contribution < -0.4 is 10.9 Å². The molecule has 26 heavy (non-hydrogen) atoms. The van der Waals surface area contributed by atoms with Crippen molar-refractivity contribution in [1.82, 2.24) is 15.1 Å². The molecule has 1 heterocycles. The Kier molecular flexibility index (Phi) is 5.38. The normalized spacial score (nSPS) is 11.1. The summed E-state index contributed by atoms with van der Waals surface area (Å²) < 4.78 is 1.37. The Balaban J connectivity index is 1.97. The van der Waals surface area contributed by atoms with E-state index in [4.69, 9.17) is 11.6 Å². The van der Waals surface area contributed by atoms with E-state index in [0.717, 1.165) is 5.56 Å². The van der Waals surface area contributed by atoms with E-state index in [1.165, 1.54) is 4.68 Å². The summed E-state index contributed by atoms with van der Waals surface area (Å²) in [5, 5.41) is 8.82. The maximum absolute atomic E-state index is 12.8. The zero-order valence-corrected chi connectivity index (χ0v) is 15.5. The summed E-state index contributed by atoms with van der Waals surface area (Å²) in [4.78, 5) is 25.4. The Bertz CT molecular complexity index is 1010. The molecule has 0 saturated carbocycles. The summed E-state index contributed by atoms with van der Waals surface area (Å²) in [6, 6.07) is 14.4. The zero-order valence-electron chi connectivity index (χ0n) is 14.7. The van der Waals surface area contributed by atoms with Gasteiger partial charge in [-0.05, 0) is 23.6 Å². The van der Waals surface area contributed by atoms with Crippen molar-refractivity contribution < 1.29 is 4.79 Å². The molecule has 5 nitrogen and oxygen atoms in total. The summed E-state index contributed by atoms with van der Waals surface area (Å²) in [6.07, 6.45) is 0. The number of nitrogens with zero attached hydrogens (tertiary/aromatic N) is 2. The standard InChI is InChI=1S/C20H20ClN3O2/c1-13(2)12-24-20(26)16-9-5-4-8-15(16)18(23-24)19(25)22-11-14-7-3-6-10-17(14)21/h3-10,13H,11-12H2,1-2H3,(H,22,25). The number of carbonyl (C=O) groups is 1.